The van der Waals surface area contributed by atoms with E-state index in [0.717, 1.165) is 16.6 Å². The van der Waals surface area contributed by atoms with E-state index in [-0.39, 0.29) is 12.1 Å². The van der Waals surface area contributed by atoms with Gasteiger partial charge >= 0.3 is 6.03 Å². The molecule has 4 heteroatoms. The predicted molar refractivity (Wildman–Crippen MR) is 66.0 cm³/mol. The average molecular weight is 271 g/mol. The minimum absolute atomic E-state index is 0.164. The lowest BCUT2D eigenvalue weighted by Gasteiger charge is -2.12. The Morgan fingerprint density at radius 1 is 1.53 bits per heavy atom. The molecule has 1 atom stereocenters. The zero-order valence-electron chi connectivity index (χ0n) is 8.88. The molecule has 0 bridgehead atoms. The standard InChI is InChI=1S/C11H15BrN2O/c1-3-8(2)13-11(15)14-10-6-4-5-9(12)7-10/h4-8H,3H2,1-2H3,(H2,13,14,15). The van der Waals surface area contributed by atoms with E-state index in [1.54, 1.807) is 0 Å². The second kappa shape index (κ2) is 5.75. The topological polar surface area (TPSA) is 41.1 Å². The van der Waals surface area contributed by atoms with Crippen molar-refractivity contribution in [2.75, 3.05) is 5.32 Å². The zero-order chi connectivity index (χ0) is 11.3. The summed E-state index contributed by atoms with van der Waals surface area (Å²) >= 11 is 3.34. The number of nitrogens with one attached hydrogen (secondary N) is 2. The highest BCUT2D eigenvalue weighted by atomic mass is 79.9. The van der Waals surface area contributed by atoms with Crippen molar-refractivity contribution in [2.45, 2.75) is 26.3 Å². The Labute approximate surface area is 98.4 Å². The zero-order valence-corrected chi connectivity index (χ0v) is 10.5. The van der Waals surface area contributed by atoms with Crippen molar-refractivity contribution >= 4 is 27.6 Å². The van der Waals surface area contributed by atoms with Gasteiger partial charge in [0.2, 0.25) is 0 Å². The van der Waals surface area contributed by atoms with Crippen LogP contribution in [0, 0.1) is 0 Å². The summed E-state index contributed by atoms with van der Waals surface area (Å²) in [6.45, 7) is 4.00. The van der Waals surface area contributed by atoms with Gasteiger partial charge in [-0.3, -0.25) is 0 Å². The number of anilines is 1. The fourth-order valence-corrected chi connectivity index (χ4v) is 1.46. The van der Waals surface area contributed by atoms with Crippen LogP contribution in [0.2, 0.25) is 0 Å². The van der Waals surface area contributed by atoms with Crippen LogP contribution in [0.5, 0.6) is 0 Å². The minimum atomic E-state index is -0.164. The van der Waals surface area contributed by atoms with Crippen LogP contribution in [0.3, 0.4) is 0 Å². The SMILES string of the molecule is CCC(C)NC(=O)Nc1cccc(Br)c1. The Bertz CT molecular complexity index is 341. The third-order valence-electron chi connectivity index (χ3n) is 2.07. The molecule has 3 nitrogen and oxygen atoms in total. The Hall–Kier alpha value is -1.03. The number of rotatable bonds is 3. The number of amides is 2. The lowest BCUT2D eigenvalue weighted by atomic mass is 10.3. The van der Waals surface area contributed by atoms with E-state index in [2.05, 4.69) is 26.6 Å². The molecular formula is C11H15BrN2O. The molecule has 0 aliphatic rings. The first-order valence-corrected chi connectivity index (χ1v) is 5.74. The van der Waals surface area contributed by atoms with E-state index in [1.807, 2.05) is 38.1 Å². The van der Waals surface area contributed by atoms with Gasteiger partial charge in [0.1, 0.15) is 0 Å². The largest absolute Gasteiger partial charge is 0.335 e. The summed E-state index contributed by atoms with van der Waals surface area (Å²) in [6, 6.07) is 7.53. The molecule has 0 radical (unpaired) electrons. The first-order chi connectivity index (χ1) is 7.11. The first-order valence-electron chi connectivity index (χ1n) is 4.95. The summed E-state index contributed by atoms with van der Waals surface area (Å²) in [5.41, 5.74) is 0.783. The Morgan fingerprint density at radius 3 is 2.87 bits per heavy atom. The maximum Gasteiger partial charge on any atom is 0.319 e. The van der Waals surface area contributed by atoms with E-state index in [0.29, 0.717) is 0 Å². The molecule has 0 heterocycles. The van der Waals surface area contributed by atoms with Gasteiger partial charge in [0.05, 0.1) is 0 Å². The number of urea groups is 1. The lowest BCUT2D eigenvalue weighted by Crippen LogP contribution is -2.35. The summed E-state index contributed by atoms with van der Waals surface area (Å²) < 4.78 is 0.948. The van der Waals surface area contributed by atoms with Gasteiger partial charge in [-0.15, -0.1) is 0 Å². The molecule has 0 saturated carbocycles. The molecule has 82 valence electrons. The van der Waals surface area contributed by atoms with Gasteiger partial charge < -0.3 is 10.6 Å². The number of halogens is 1. The summed E-state index contributed by atoms with van der Waals surface area (Å²) in [4.78, 5) is 11.5. The van der Waals surface area contributed by atoms with Crippen LogP contribution in [-0.4, -0.2) is 12.1 Å². The molecule has 2 amide bonds. The third-order valence-corrected chi connectivity index (χ3v) is 2.57. The summed E-state index contributed by atoms with van der Waals surface area (Å²) in [5, 5.41) is 5.60. The van der Waals surface area contributed by atoms with E-state index in [9.17, 15) is 4.79 Å². The van der Waals surface area contributed by atoms with Gasteiger partial charge in [0, 0.05) is 16.2 Å². The van der Waals surface area contributed by atoms with Gasteiger partial charge in [-0.2, -0.15) is 0 Å². The minimum Gasteiger partial charge on any atom is -0.335 e. The van der Waals surface area contributed by atoms with E-state index >= 15 is 0 Å². The molecule has 0 aromatic heterocycles. The number of hydrogen-bond donors (Lipinski definition) is 2. The van der Waals surface area contributed by atoms with Gasteiger partial charge in [-0.1, -0.05) is 28.9 Å². The number of hydrogen-bond acceptors (Lipinski definition) is 1. The molecule has 1 rings (SSSR count). The van der Waals surface area contributed by atoms with Crippen LogP contribution in [0.1, 0.15) is 20.3 Å². The van der Waals surface area contributed by atoms with Crippen molar-refractivity contribution in [2.24, 2.45) is 0 Å². The highest BCUT2D eigenvalue weighted by Gasteiger charge is 2.04. The first kappa shape index (κ1) is 12.0. The van der Waals surface area contributed by atoms with E-state index in [1.165, 1.54) is 0 Å². The van der Waals surface area contributed by atoms with E-state index in [4.69, 9.17) is 0 Å². The van der Waals surface area contributed by atoms with Crippen molar-refractivity contribution in [3.05, 3.63) is 28.7 Å². The molecular weight excluding hydrogens is 256 g/mol. The second-order valence-corrected chi connectivity index (χ2v) is 4.33. The fraction of sp³-hybridized carbons (Fsp3) is 0.364. The summed E-state index contributed by atoms with van der Waals surface area (Å²) in [7, 11) is 0. The van der Waals surface area contributed by atoms with Gasteiger partial charge in [-0.25, -0.2) is 4.79 Å². The summed E-state index contributed by atoms with van der Waals surface area (Å²) in [5.74, 6) is 0. The molecule has 2 N–H and O–H groups in total. The van der Waals surface area contributed by atoms with Crippen LogP contribution in [0.15, 0.2) is 28.7 Å². The number of carbonyl (C=O) groups is 1. The molecule has 0 fully saturated rings. The highest BCUT2D eigenvalue weighted by Crippen LogP contribution is 2.15. The second-order valence-electron chi connectivity index (χ2n) is 3.42. The lowest BCUT2D eigenvalue weighted by molar-refractivity contribution is 0.249. The van der Waals surface area contributed by atoms with E-state index < -0.39 is 0 Å². The maximum absolute atomic E-state index is 11.5. The van der Waals surface area contributed by atoms with Crippen LogP contribution in [0.4, 0.5) is 10.5 Å². The van der Waals surface area contributed by atoms with Crippen molar-refractivity contribution < 1.29 is 4.79 Å². The molecule has 0 aliphatic carbocycles. The molecule has 1 aromatic rings. The van der Waals surface area contributed by atoms with Crippen molar-refractivity contribution in [3.63, 3.8) is 0 Å². The van der Waals surface area contributed by atoms with Crippen LogP contribution in [0.25, 0.3) is 0 Å². The quantitative estimate of drug-likeness (QED) is 0.869. The third kappa shape index (κ3) is 4.34. The van der Waals surface area contributed by atoms with Crippen molar-refractivity contribution in [1.29, 1.82) is 0 Å². The summed E-state index contributed by atoms with van der Waals surface area (Å²) in [6.07, 6.45) is 0.923. The van der Waals surface area contributed by atoms with Crippen molar-refractivity contribution in [1.82, 2.24) is 5.32 Å². The highest BCUT2D eigenvalue weighted by molar-refractivity contribution is 9.10. The number of benzene rings is 1. The molecule has 15 heavy (non-hydrogen) atoms. The Balaban J connectivity index is 2.51. The average Bonchev–Trinajstić information content (AvgIpc) is 2.17. The predicted octanol–water partition coefficient (Wildman–Crippen LogP) is 3.37. The molecule has 1 aromatic carbocycles. The van der Waals surface area contributed by atoms with Crippen LogP contribution < -0.4 is 10.6 Å². The smallest absolute Gasteiger partial charge is 0.319 e. The molecule has 0 spiro atoms. The molecule has 1 unspecified atom stereocenters. The Morgan fingerprint density at radius 2 is 2.27 bits per heavy atom. The van der Waals surface area contributed by atoms with Gasteiger partial charge in [-0.05, 0) is 31.5 Å². The maximum atomic E-state index is 11.5. The van der Waals surface area contributed by atoms with Gasteiger partial charge in [0.25, 0.3) is 0 Å². The van der Waals surface area contributed by atoms with Crippen molar-refractivity contribution in [3.8, 4) is 0 Å². The number of carbonyl (C=O) groups excluding carboxylic acids is 1. The molecule has 0 aliphatic heterocycles. The Kier molecular flexibility index (Phi) is 4.62. The van der Waals surface area contributed by atoms with Crippen LogP contribution in [-0.2, 0) is 0 Å². The van der Waals surface area contributed by atoms with Gasteiger partial charge in [0.15, 0.2) is 0 Å². The monoisotopic (exact) mass is 270 g/mol. The van der Waals surface area contributed by atoms with Crippen LogP contribution >= 0.6 is 15.9 Å². The normalized spacial score (nSPS) is 11.9. The fourth-order valence-electron chi connectivity index (χ4n) is 1.06. The molecule has 0 saturated heterocycles.